The van der Waals surface area contributed by atoms with Crippen molar-refractivity contribution in [1.82, 2.24) is 0 Å². The highest BCUT2D eigenvalue weighted by molar-refractivity contribution is 7.94. The van der Waals surface area contributed by atoms with Crippen LogP contribution < -0.4 is 0 Å². The molecule has 0 heterocycles. The van der Waals surface area contributed by atoms with E-state index < -0.39 is 20.8 Å². The topological polar surface area (TPSA) is 136 Å². The maximum Gasteiger partial charge on any atom is 0.442 e. The highest BCUT2D eigenvalue weighted by atomic mass is 32.3. The molecular weight excluding hydrogens is 256 g/mol. The highest BCUT2D eigenvalue weighted by Gasteiger charge is 2.20. The third kappa shape index (κ3) is 16.4. The maximum absolute atomic E-state index is 9.78. The molecule has 9 nitrogen and oxygen atoms in total. The largest absolute Gasteiger partial charge is 0.442 e. The van der Waals surface area contributed by atoms with Crippen LogP contribution in [0, 0.1) is 0 Å². The normalized spacial score (nSPS) is 11.7. The van der Waals surface area contributed by atoms with Gasteiger partial charge < -0.3 is 4.74 Å². The minimum absolute atomic E-state index is 0.844. The lowest BCUT2D eigenvalue weighted by molar-refractivity contribution is -0.138. The molecule has 0 aliphatic carbocycles. The van der Waals surface area contributed by atoms with E-state index in [2.05, 4.69) is 7.96 Å². The van der Waals surface area contributed by atoms with E-state index >= 15 is 0 Å². The zero-order valence-corrected chi connectivity index (χ0v) is 9.62. The molecular formula is C4H12O9S2. The van der Waals surface area contributed by atoms with E-state index in [9.17, 15) is 16.8 Å². The van der Waals surface area contributed by atoms with E-state index in [1.807, 2.05) is 13.8 Å². The molecule has 15 heavy (non-hydrogen) atoms. The second kappa shape index (κ2) is 7.92. The van der Waals surface area contributed by atoms with Gasteiger partial charge in [0.1, 0.15) is 0 Å². The average Bonchev–Trinajstić information content (AvgIpc) is 2.03. The SMILES string of the molecule is CCOCC.O=S(=O)(O)OS(=O)(=O)OO. The first-order chi connectivity index (χ1) is 6.68. The molecule has 0 amide bonds. The fourth-order valence-corrected chi connectivity index (χ4v) is 1.26. The Morgan fingerprint density at radius 1 is 1.07 bits per heavy atom. The summed E-state index contributed by atoms with van der Waals surface area (Å²) >= 11 is 0. The predicted molar refractivity (Wildman–Crippen MR) is 47.4 cm³/mol. The van der Waals surface area contributed by atoms with Gasteiger partial charge in [-0.15, -0.1) is 0 Å². The van der Waals surface area contributed by atoms with E-state index in [0.29, 0.717) is 0 Å². The molecule has 0 saturated carbocycles. The van der Waals surface area contributed by atoms with Gasteiger partial charge in [-0.25, -0.2) is 5.26 Å². The van der Waals surface area contributed by atoms with Crippen LogP contribution in [0.15, 0.2) is 0 Å². The summed E-state index contributed by atoms with van der Waals surface area (Å²) < 4.78 is 56.5. The first-order valence-electron chi connectivity index (χ1n) is 3.52. The van der Waals surface area contributed by atoms with Crippen LogP contribution in [0.25, 0.3) is 0 Å². The van der Waals surface area contributed by atoms with Crippen LogP contribution in [0.2, 0.25) is 0 Å². The molecule has 0 bridgehead atoms. The molecule has 94 valence electrons. The molecule has 0 atom stereocenters. The van der Waals surface area contributed by atoms with Crippen LogP contribution in [0.1, 0.15) is 13.8 Å². The monoisotopic (exact) mass is 268 g/mol. The number of ether oxygens (including phenoxy) is 1. The summed E-state index contributed by atoms with van der Waals surface area (Å²) in [4.78, 5) is 0. The Kier molecular flexibility index (Phi) is 9.04. The second-order valence-corrected chi connectivity index (χ2v) is 4.13. The van der Waals surface area contributed by atoms with Crippen molar-refractivity contribution in [3.8, 4) is 0 Å². The number of rotatable bonds is 5. The minimum Gasteiger partial charge on any atom is -0.382 e. The molecule has 0 rings (SSSR count). The third-order valence-corrected chi connectivity index (χ3v) is 2.21. The summed E-state index contributed by atoms with van der Waals surface area (Å²) in [5, 5.41) is 7.37. The molecule has 0 radical (unpaired) electrons. The van der Waals surface area contributed by atoms with Crippen LogP contribution in [-0.2, 0) is 33.5 Å². The number of hydrogen-bond donors (Lipinski definition) is 2. The van der Waals surface area contributed by atoms with E-state index in [4.69, 9.17) is 14.5 Å². The summed E-state index contributed by atoms with van der Waals surface area (Å²) in [7, 11) is -10.2. The van der Waals surface area contributed by atoms with Crippen LogP contribution in [0.3, 0.4) is 0 Å². The summed E-state index contributed by atoms with van der Waals surface area (Å²) in [5.74, 6) is 0. The lowest BCUT2D eigenvalue weighted by Crippen LogP contribution is -2.13. The van der Waals surface area contributed by atoms with Gasteiger partial charge in [-0.2, -0.15) is 16.8 Å². The quantitative estimate of drug-likeness (QED) is 0.387. The first-order valence-corrected chi connectivity index (χ1v) is 6.22. The zero-order valence-electron chi connectivity index (χ0n) is 7.98. The van der Waals surface area contributed by atoms with Gasteiger partial charge in [0.15, 0.2) is 0 Å². The second-order valence-electron chi connectivity index (χ2n) is 1.76. The van der Waals surface area contributed by atoms with Crippen molar-refractivity contribution in [2.24, 2.45) is 0 Å². The first kappa shape index (κ1) is 17.1. The minimum atomic E-state index is -5.17. The van der Waals surface area contributed by atoms with Gasteiger partial charge in [0.25, 0.3) is 0 Å². The lowest BCUT2D eigenvalue weighted by atomic mass is 10.8. The van der Waals surface area contributed by atoms with Gasteiger partial charge in [0.2, 0.25) is 0 Å². The van der Waals surface area contributed by atoms with E-state index in [1.54, 1.807) is 0 Å². The molecule has 0 saturated heterocycles. The Morgan fingerprint density at radius 2 is 1.47 bits per heavy atom. The smallest absolute Gasteiger partial charge is 0.382 e. The molecule has 11 heteroatoms. The molecule has 0 unspecified atom stereocenters. The van der Waals surface area contributed by atoms with E-state index in [0.717, 1.165) is 13.2 Å². The van der Waals surface area contributed by atoms with Crippen molar-refractivity contribution in [1.29, 1.82) is 0 Å². The van der Waals surface area contributed by atoms with Gasteiger partial charge in [0, 0.05) is 13.2 Å². The number of hydrogen-bond acceptors (Lipinski definition) is 8. The van der Waals surface area contributed by atoms with Crippen molar-refractivity contribution < 1.29 is 39.3 Å². The molecule has 0 aromatic rings. The van der Waals surface area contributed by atoms with Crippen LogP contribution >= 0.6 is 0 Å². The Morgan fingerprint density at radius 3 is 1.53 bits per heavy atom. The molecule has 0 aromatic carbocycles. The molecule has 0 aromatic heterocycles. The Hall–Kier alpha value is -0.300. The lowest BCUT2D eigenvalue weighted by Gasteiger charge is -1.93. The standard InChI is InChI=1S/C4H10O.H2O8S2/c1-3-5-4-2;1-7-10(5,6)8-9(2,3)4/h3-4H2,1-2H3;1H,(H,2,3,4). The van der Waals surface area contributed by atoms with Gasteiger partial charge in [-0.05, 0) is 13.8 Å². The summed E-state index contributed by atoms with van der Waals surface area (Å²) in [5.41, 5.74) is 0. The summed E-state index contributed by atoms with van der Waals surface area (Å²) in [6, 6.07) is 0. The third-order valence-electron chi connectivity index (χ3n) is 0.669. The Labute approximate surface area is 87.8 Å². The van der Waals surface area contributed by atoms with Crippen LogP contribution in [0.4, 0.5) is 0 Å². The van der Waals surface area contributed by atoms with Gasteiger partial charge in [-0.1, -0.05) is 7.96 Å². The Balaban J connectivity index is 0. The molecule has 0 spiro atoms. The fraction of sp³-hybridized carbons (Fsp3) is 1.00. The zero-order chi connectivity index (χ0) is 12.5. The van der Waals surface area contributed by atoms with Crippen molar-refractivity contribution in [3.63, 3.8) is 0 Å². The van der Waals surface area contributed by atoms with Gasteiger partial charge in [0.05, 0.1) is 0 Å². The van der Waals surface area contributed by atoms with E-state index in [1.165, 1.54) is 0 Å². The van der Waals surface area contributed by atoms with Crippen molar-refractivity contribution >= 4 is 20.8 Å². The summed E-state index contributed by atoms with van der Waals surface area (Å²) in [6.45, 7) is 5.67. The van der Waals surface area contributed by atoms with Crippen molar-refractivity contribution in [3.05, 3.63) is 0 Å². The fourth-order valence-electron chi connectivity index (χ4n) is 0.322. The van der Waals surface area contributed by atoms with E-state index in [-0.39, 0.29) is 0 Å². The molecule has 0 aliphatic rings. The Bertz CT molecular complexity index is 325. The van der Waals surface area contributed by atoms with Crippen molar-refractivity contribution in [2.75, 3.05) is 13.2 Å². The van der Waals surface area contributed by atoms with Gasteiger partial charge in [-0.3, -0.25) is 4.55 Å². The molecule has 2 N–H and O–H groups in total. The highest BCUT2D eigenvalue weighted by Crippen LogP contribution is 1.97. The predicted octanol–water partition coefficient (Wildman–Crippen LogP) is -0.417. The van der Waals surface area contributed by atoms with Crippen molar-refractivity contribution in [2.45, 2.75) is 13.8 Å². The van der Waals surface area contributed by atoms with Crippen LogP contribution in [-0.4, -0.2) is 39.9 Å². The molecule has 0 aliphatic heterocycles. The average molecular weight is 268 g/mol. The maximum atomic E-state index is 9.78. The molecule has 0 fully saturated rings. The van der Waals surface area contributed by atoms with Crippen LogP contribution in [0.5, 0.6) is 0 Å². The summed E-state index contributed by atoms with van der Waals surface area (Å²) in [6.07, 6.45) is 0. The van der Waals surface area contributed by atoms with Gasteiger partial charge >= 0.3 is 20.8 Å².